The first-order valence-corrected chi connectivity index (χ1v) is 24.1. The molecule has 8 aromatic rings. The van der Waals surface area contributed by atoms with Crippen molar-refractivity contribution >= 4 is 21.9 Å². The number of aromatic nitrogens is 3. The summed E-state index contributed by atoms with van der Waals surface area (Å²) in [6, 6.07) is 51.4. The van der Waals surface area contributed by atoms with Crippen LogP contribution in [0.25, 0.3) is 78.4 Å². The minimum Gasteiger partial charge on any atom is -0.456 e. The third-order valence-electron chi connectivity index (χ3n) is 17.2. The van der Waals surface area contributed by atoms with E-state index in [4.69, 9.17) is 19.4 Å². The minimum atomic E-state index is 0.340. The van der Waals surface area contributed by atoms with Gasteiger partial charge in [0.25, 0.3) is 0 Å². The molecule has 8 fully saturated rings. The van der Waals surface area contributed by atoms with Crippen LogP contribution in [-0.2, 0) is 5.41 Å². The molecule has 8 saturated carbocycles. The van der Waals surface area contributed by atoms with Crippen molar-refractivity contribution in [1.82, 2.24) is 15.0 Å². The normalized spacial score (nSPS) is 29.0. The fraction of sp³-hybridized carbons (Fsp3) is 0.339. The highest BCUT2D eigenvalue weighted by Gasteiger charge is 2.52. The first-order valence-electron chi connectivity index (χ1n) is 24.1. The van der Waals surface area contributed by atoms with Crippen molar-refractivity contribution in [2.75, 3.05) is 0 Å². The van der Waals surface area contributed by atoms with E-state index in [9.17, 15) is 0 Å². The molecular weight excluding hydrogens is 767 g/mol. The van der Waals surface area contributed by atoms with Gasteiger partial charge in [-0.2, -0.15) is 0 Å². The van der Waals surface area contributed by atoms with Crippen LogP contribution in [-0.4, -0.2) is 15.0 Å². The second-order valence-electron chi connectivity index (χ2n) is 21.1. The summed E-state index contributed by atoms with van der Waals surface area (Å²) in [5.41, 5.74) is 12.8. The molecule has 0 radical (unpaired) electrons. The van der Waals surface area contributed by atoms with Gasteiger partial charge in [-0.05, 0) is 193 Å². The van der Waals surface area contributed by atoms with Gasteiger partial charge in [0.05, 0.1) is 0 Å². The number of furan rings is 1. The Kier molecular flexibility index (Phi) is 8.17. The van der Waals surface area contributed by atoms with Gasteiger partial charge in [-0.1, -0.05) is 103 Å². The fourth-order valence-electron chi connectivity index (χ4n) is 15.2. The highest BCUT2D eigenvalue weighted by molar-refractivity contribution is 6.05. The highest BCUT2D eigenvalue weighted by Crippen LogP contribution is 2.61. The Bertz CT molecular complexity index is 2990. The molecular formula is C59H53N3O. The number of benzene rings is 6. The Morgan fingerprint density at radius 2 is 0.889 bits per heavy atom. The molecule has 0 saturated heterocycles. The molecule has 310 valence electrons. The SMILES string of the molecule is c1ccc(-c2cc(-c3ccc(C4C5CC6CC(C5)CC4C6)cc3)cc(-c3nc(-c4ccc(C56CC7CC(CC(C7)C5)C6)cc4)nc(-c4ccc5c(c4)oc4ccccc45)n3)c2)cc1. The molecule has 6 aromatic carbocycles. The summed E-state index contributed by atoms with van der Waals surface area (Å²) in [5, 5.41) is 2.21. The molecule has 0 N–H and O–H groups in total. The summed E-state index contributed by atoms with van der Waals surface area (Å²) < 4.78 is 6.39. The standard InChI is InChI=1S/C59H53N3O/c1-2-6-40(7-3-1)45-28-46(41-10-12-42(13-11-41)55-47-24-35-20-36(26-47)27-48(55)25-35)30-49(29-45)58-61-56(43-14-17-50(18-15-43)59-32-37-21-38(33-59)23-39(22-37)34-59)60-57(62-58)44-16-19-52-51-8-4-5-9-53(51)63-54(52)31-44/h1-19,28-31,35-39,47-48,55H,20-27,32-34H2. The van der Waals surface area contributed by atoms with Crippen molar-refractivity contribution in [2.45, 2.75) is 82.0 Å². The lowest BCUT2D eigenvalue weighted by Gasteiger charge is -2.57. The van der Waals surface area contributed by atoms with Gasteiger partial charge in [0.2, 0.25) is 0 Å². The van der Waals surface area contributed by atoms with Crippen LogP contribution >= 0.6 is 0 Å². The molecule has 0 aliphatic heterocycles. The van der Waals surface area contributed by atoms with Gasteiger partial charge in [-0.3, -0.25) is 0 Å². The lowest BCUT2D eigenvalue weighted by molar-refractivity contribution is -0.00518. The van der Waals surface area contributed by atoms with E-state index in [0.717, 1.165) is 91.5 Å². The van der Waals surface area contributed by atoms with E-state index in [1.165, 1.54) is 92.9 Å². The summed E-state index contributed by atoms with van der Waals surface area (Å²) in [7, 11) is 0. The molecule has 4 nitrogen and oxygen atoms in total. The monoisotopic (exact) mass is 819 g/mol. The van der Waals surface area contributed by atoms with Crippen molar-refractivity contribution in [3.8, 4) is 56.4 Å². The molecule has 8 aliphatic rings. The van der Waals surface area contributed by atoms with Crippen molar-refractivity contribution in [3.63, 3.8) is 0 Å². The molecule has 2 aromatic heterocycles. The van der Waals surface area contributed by atoms with Gasteiger partial charge in [0.1, 0.15) is 11.2 Å². The van der Waals surface area contributed by atoms with E-state index >= 15 is 0 Å². The second-order valence-corrected chi connectivity index (χ2v) is 21.1. The van der Waals surface area contributed by atoms with Crippen LogP contribution < -0.4 is 0 Å². The molecule has 2 heterocycles. The van der Waals surface area contributed by atoms with Crippen molar-refractivity contribution in [3.05, 3.63) is 151 Å². The summed E-state index contributed by atoms with van der Waals surface area (Å²) >= 11 is 0. The van der Waals surface area contributed by atoms with Gasteiger partial charge < -0.3 is 4.42 Å². The number of nitrogens with zero attached hydrogens (tertiary/aromatic N) is 3. The van der Waals surface area contributed by atoms with Gasteiger partial charge in [0, 0.05) is 27.5 Å². The maximum absolute atomic E-state index is 6.39. The molecule has 0 unspecified atom stereocenters. The lowest BCUT2D eigenvalue weighted by atomic mass is 9.48. The lowest BCUT2D eigenvalue weighted by Crippen LogP contribution is -2.48. The fourth-order valence-corrected chi connectivity index (χ4v) is 15.2. The zero-order valence-corrected chi connectivity index (χ0v) is 35.9. The molecule has 0 spiro atoms. The van der Waals surface area contributed by atoms with E-state index in [2.05, 4.69) is 127 Å². The first kappa shape index (κ1) is 36.6. The van der Waals surface area contributed by atoms with Gasteiger partial charge in [0.15, 0.2) is 17.5 Å². The zero-order valence-electron chi connectivity index (χ0n) is 35.9. The quantitative estimate of drug-likeness (QED) is 0.161. The maximum atomic E-state index is 6.39. The molecule has 4 heteroatoms. The molecule has 0 amide bonds. The number of hydrogen-bond donors (Lipinski definition) is 0. The van der Waals surface area contributed by atoms with Gasteiger partial charge >= 0.3 is 0 Å². The van der Waals surface area contributed by atoms with E-state index in [-0.39, 0.29) is 0 Å². The van der Waals surface area contributed by atoms with Crippen LogP contribution in [0.2, 0.25) is 0 Å². The predicted molar refractivity (Wildman–Crippen MR) is 254 cm³/mol. The van der Waals surface area contributed by atoms with Crippen LogP contribution in [0, 0.1) is 41.4 Å². The average molecular weight is 820 g/mol. The molecule has 63 heavy (non-hydrogen) atoms. The summed E-state index contributed by atoms with van der Waals surface area (Å²) in [4.78, 5) is 16.0. The number of para-hydroxylation sites is 1. The van der Waals surface area contributed by atoms with Crippen LogP contribution in [0.1, 0.15) is 87.7 Å². The van der Waals surface area contributed by atoms with Gasteiger partial charge in [-0.15, -0.1) is 0 Å². The zero-order chi connectivity index (χ0) is 41.2. The maximum Gasteiger partial charge on any atom is 0.164 e. The summed E-state index contributed by atoms with van der Waals surface area (Å²) in [6.07, 6.45) is 15.7. The van der Waals surface area contributed by atoms with Crippen LogP contribution in [0.5, 0.6) is 0 Å². The Hall–Kier alpha value is -5.87. The minimum absolute atomic E-state index is 0.340. The van der Waals surface area contributed by atoms with Crippen molar-refractivity contribution in [1.29, 1.82) is 0 Å². The number of rotatable bonds is 7. The predicted octanol–water partition coefficient (Wildman–Crippen LogP) is 15.1. The molecule has 0 atom stereocenters. The van der Waals surface area contributed by atoms with Crippen LogP contribution in [0.3, 0.4) is 0 Å². The average Bonchev–Trinajstić information content (AvgIpc) is 3.69. The van der Waals surface area contributed by atoms with E-state index in [1.807, 2.05) is 12.1 Å². The van der Waals surface area contributed by atoms with Gasteiger partial charge in [-0.25, -0.2) is 15.0 Å². The number of fused-ring (bicyclic) bond motifs is 3. The van der Waals surface area contributed by atoms with Crippen LogP contribution in [0.15, 0.2) is 144 Å². The van der Waals surface area contributed by atoms with E-state index in [0.29, 0.717) is 22.9 Å². The largest absolute Gasteiger partial charge is 0.456 e. The second kappa shape index (κ2) is 14.1. The Morgan fingerprint density at radius 1 is 0.381 bits per heavy atom. The summed E-state index contributed by atoms with van der Waals surface area (Å²) in [6.45, 7) is 0. The third kappa shape index (κ3) is 6.18. The van der Waals surface area contributed by atoms with Crippen LogP contribution in [0.4, 0.5) is 0 Å². The smallest absolute Gasteiger partial charge is 0.164 e. The highest BCUT2D eigenvalue weighted by atomic mass is 16.3. The van der Waals surface area contributed by atoms with E-state index in [1.54, 1.807) is 5.56 Å². The number of hydrogen-bond acceptors (Lipinski definition) is 4. The topological polar surface area (TPSA) is 51.8 Å². The van der Waals surface area contributed by atoms with Crippen molar-refractivity contribution in [2.24, 2.45) is 41.4 Å². The molecule has 16 rings (SSSR count). The Balaban J connectivity index is 0.884. The first-order chi connectivity index (χ1) is 31.0. The third-order valence-corrected chi connectivity index (χ3v) is 17.2. The Labute approximate surface area is 370 Å². The van der Waals surface area contributed by atoms with E-state index < -0.39 is 0 Å². The molecule has 8 aliphatic carbocycles. The van der Waals surface area contributed by atoms with Crippen molar-refractivity contribution < 1.29 is 4.42 Å². The molecule has 8 bridgehead atoms. The Morgan fingerprint density at radius 3 is 1.56 bits per heavy atom. The summed E-state index contributed by atoms with van der Waals surface area (Å²) in [5.74, 6) is 9.17.